The largest absolute Gasteiger partial charge is 0.383 e. The van der Waals surface area contributed by atoms with Gasteiger partial charge in [-0.15, -0.1) is 0 Å². The Kier molecular flexibility index (Phi) is 5.54. The molecule has 6 heteroatoms. The van der Waals surface area contributed by atoms with Crippen LogP contribution in [0.4, 0.5) is 11.6 Å². The number of primary amides is 1. The predicted octanol–water partition coefficient (Wildman–Crippen LogP) is 0.959. The quantitative estimate of drug-likeness (QED) is 0.765. The normalized spacial score (nSPS) is 10.7. The Balaban J connectivity index is 3.12. The van der Waals surface area contributed by atoms with E-state index in [9.17, 15) is 4.79 Å². The van der Waals surface area contributed by atoms with Crippen LogP contribution in [0.1, 0.15) is 32.8 Å². The number of amides is 1. The predicted molar refractivity (Wildman–Crippen MR) is 76.7 cm³/mol. The second-order valence-corrected chi connectivity index (χ2v) is 5.05. The summed E-state index contributed by atoms with van der Waals surface area (Å²) in [6, 6.07) is 0. The average Bonchev–Trinajstić information content (AvgIpc) is 2.30. The Bertz CT molecular complexity index is 433. The lowest BCUT2D eigenvalue weighted by atomic mass is 10.1. The molecule has 1 amide bonds. The molecule has 0 atom stereocenters. The van der Waals surface area contributed by atoms with Crippen LogP contribution in [0.3, 0.4) is 0 Å². The average molecular weight is 265 g/mol. The van der Waals surface area contributed by atoms with Gasteiger partial charge in [0.1, 0.15) is 18.0 Å². The maximum atomic E-state index is 11.2. The first kappa shape index (κ1) is 15.2. The van der Waals surface area contributed by atoms with Gasteiger partial charge >= 0.3 is 0 Å². The molecule has 4 N–H and O–H groups in total. The summed E-state index contributed by atoms with van der Waals surface area (Å²) in [6.45, 7) is 7.08. The van der Waals surface area contributed by atoms with E-state index in [0.717, 1.165) is 24.2 Å². The van der Waals surface area contributed by atoms with Gasteiger partial charge in [0.15, 0.2) is 0 Å². The lowest BCUT2D eigenvalue weighted by Crippen LogP contribution is -2.37. The fraction of sp³-hybridized carbons (Fsp3) is 0.615. The van der Waals surface area contributed by atoms with Gasteiger partial charge in [0, 0.05) is 12.1 Å². The number of nitrogen functional groups attached to an aromatic ring is 1. The van der Waals surface area contributed by atoms with Gasteiger partial charge in [0.2, 0.25) is 5.91 Å². The first-order chi connectivity index (χ1) is 8.95. The van der Waals surface area contributed by atoms with E-state index in [1.807, 2.05) is 4.90 Å². The molecule has 106 valence electrons. The lowest BCUT2D eigenvalue weighted by molar-refractivity contribution is -0.116. The van der Waals surface area contributed by atoms with Crippen molar-refractivity contribution in [1.29, 1.82) is 0 Å². The molecule has 1 heterocycles. The summed E-state index contributed by atoms with van der Waals surface area (Å²) in [7, 11) is 0. The van der Waals surface area contributed by atoms with Gasteiger partial charge in [0.25, 0.3) is 0 Å². The van der Waals surface area contributed by atoms with Crippen LogP contribution in [-0.2, 0) is 11.2 Å². The fourth-order valence-corrected chi connectivity index (χ4v) is 2.03. The smallest absolute Gasteiger partial charge is 0.236 e. The molecule has 0 unspecified atom stereocenters. The molecule has 1 aromatic heterocycles. The monoisotopic (exact) mass is 265 g/mol. The number of hydrogen-bond donors (Lipinski definition) is 2. The van der Waals surface area contributed by atoms with Crippen molar-refractivity contribution >= 4 is 17.5 Å². The molecule has 0 radical (unpaired) electrons. The van der Waals surface area contributed by atoms with Crippen LogP contribution in [-0.4, -0.2) is 29.0 Å². The SMILES string of the molecule is CCCc1c(N)ncnc1N(CC(N)=O)CC(C)C. The van der Waals surface area contributed by atoms with E-state index in [4.69, 9.17) is 11.5 Å². The van der Waals surface area contributed by atoms with Crippen LogP contribution in [0.15, 0.2) is 6.33 Å². The Morgan fingerprint density at radius 1 is 1.42 bits per heavy atom. The zero-order valence-corrected chi connectivity index (χ0v) is 11.9. The molecule has 19 heavy (non-hydrogen) atoms. The molecule has 0 aliphatic heterocycles. The molecule has 6 nitrogen and oxygen atoms in total. The maximum Gasteiger partial charge on any atom is 0.236 e. The summed E-state index contributed by atoms with van der Waals surface area (Å²) in [5, 5.41) is 0. The van der Waals surface area contributed by atoms with E-state index in [1.165, 1.54) is 6.33 Å². The first-order valence-electron chi connectivity index (χ1n) is 6.58. The summed E-state index contributed by atoms with van der Waals surface area (Å²) in [5.41, 5.74) is 12.1. The number of aromatic nitrogens is 2. The minimum absolute atomic E-state index is 0.144. The highest BCUT2D eigenvalue weighted by molar-refractivity contribution is 5.79. The standard InChI is InChI=1S/C13H23N5O/c1-4-5-10-12(15)16-8-17-13(10)18(6-9(2)3)7-11(14)19/h8-9H,4-7H2,1-3H3,(H2,14,19)(H2,15,16,17). The van der Waals surface area contributed by atoms with Crippen LogP contribution < -0.4 is 16.4 Å². The third-order valence-corrected chi connectivity index (χ3v) is 2.69. The summed E-state index contributed by atoms with van der Waals surface area (Å²) < 4.78 is 0. The van der Waals surface area contributed by atoms with Crippen molar-refractivity contribution in [2.75, 3.05) is 23.7 Å². The molecular formula is C13H23N5O. The van der Waals surface area contributed by atoms with Gasteiger partial charge in [-0.1, -0.05) is 27.2 Å². The number of carbonyl (C=O) groups is 1. The highest BCUT2D eigenvalue weighted by Gasteiger charge is 2.18. The highest BCUT2D eigenvalue weighted by atomic mass is 16.1. The zero-order valence-electron chi connectivity index (χ0n) is 11.9. The number of rotatable bonds is 7. The summed E-state index contributed by atoms with van der Waals surface area (Å²) in [5.74, 6) is 1.22. The van der Waals surface area contributed by atoms with Crippen LogP contribution >= 0.6 is 0 Å². The fourth-order valence-electron chi connectivity index (χ4n) is 2.03. The molecule has 0 aliphatic rings. The van der Waals surface area contributed by atoms with Crippen molar-refractivity contribution in [3.8, 4) is 0 Å². The first-order valence-corrected chi connectivity index (χ1v) is 6.58. The van der Waals surface area contributed by atoms with Crippen LogP contribution in [0, 0.1) is 5.92 Å². The topological polar surface area (TPSA) is 98.1 Å². The number of anilines is 2. The maximum absolute atomic E-state index is 11.2. The van der Waals surface area contributed by atoms with Gasteiger partial charge < -0.3 is 16.4 Å². The lowest BCUT2D eigenvalue weighted by Gasteiger charge is -2.26. The Hall–Kier alpha value is -1.85. The van der Waals surface area contributed by atoms with Crippen LogP contribution in [0.2, 0.25) is 0 Å². The third-order valence-electron chi connectivity index (χ3n) is 2.69. The van der Waals surface area contributed by atoms with Crippen molar-refractivity contribution in [3.63, 3.8) is 0 Å². The van der Waals surface area contributed by atoms with Crippen LogP contribution in [0.25, 0.3) is 0 Å². The van der Waals surface area contributed by atoms with E-state index in [1.54, 1.807) is 0 Å². The number of carbonyl (C=O) groups excluding carboxylic acids is 1. The molecular weight excluding hydrogens is 242 g/mol. The summed E-state index contributed by atoms with van der Waals surface area (Å²) in [4.78, 5) is 21.4. The van der Waals surface area contributed by atoms with E-state index >= 15 is 0 Å². The van der Waals surface area contributed by atoms with Crippen molar-refractivity contribution < 1.29 is 4.79 Å². The van der Waals surface area contributed by atoms with Crippen LogP contribution in [0.5, 0.6) is 0 Å². The van der Waals surface area contributed by atoms with Gasteiger partial charge in [-0.3, -0.25) is 4.79 Å². The molecule has 0 bridgehead atoms. The molecule has 0 fully saturated rings. The third kappa shape index (κ3) is 4.39. The van der Waals surface area contributed by atoms with Gasteiger partial charge in [-0.2, -0.15) is 0 Å². The van der Waals surface area contributed by atoms with E-state index in [0.29, 0.717) is 18.3 Å². The van der Waals surface area contributed by atoms with Crippen molar-refractivity contribution in [3.05, 3.63) is 11.9 Å². The second kappa shape index (κ2) is 6.92. The Labute approximate surface area is 114 Å². The zero-order chi connectivity index (χ0) is 14.4. The minimum atomic E-state index is -0.375. The second-order valence-electron chi connectivity index (χ2n) is 5.05. The van der Waals surface area contributed by atoms with Gasteiger partial charge in [-0.25, -0.2) is 9.97 Å². The Morgan fingerprint density at radius 2 is 2.11 bits per heavy atom. The van der Waals surface area contributed by atoms with Crippen molar-refractivity contribution in [1.82, 2.24) is 9.97 Å². The summed E-state index contributed by atoms with van der Waals surface area (Å²) in [6.07, 6.45) is 3.16. The van der Waals surface area contributed by atoms with E-state index in [2.05, 4.69) is 30.7 Å². The van der Waals surface area contributed by atoms with E-state index in [-0.39, 0.29) is 12.5 Å². The number of nitrogens with zero attached hydrogens (tertiary/aromatic N) is 3. The Morgan fingerprint density at radius 3 is 2.63 bits per heavy atom. The van der Waals surface area contributed by atoms with Crippen molar-refractivity contribution in [2.24, 2.45) is 11.7 Å². The number of hydrogen-bond acceptors (Lipinski definition) is 5. The molecule has 0 saturated carbocycles. The van der Waals surface area contributed by atoms with Crippen molar-refractivity contribution in [2.45, 2.75) is 33.6 Å². The molecule has 0 spiro atoms. The molecule has 1 aromatic rings. The highest BCUT2D eigenvalue weighted by Crippen LogP contribution is 2.23. The molecule has 0 aromatic carbocycles. The molecule has 0 saturated heterocycles. The summed E-state index contributed by atoms with van der Waals surface area (Å²) >= 11 is 0. The van der Waals surface area contributed by atoms with Gasteiger partial charge in [-0.05, 0) is 12.3 Å². The number of nitrogens with two attached hydrogens (primary N) is 2. The molecule has 0 aliphatic carbocycles. The van der Waals surface area contributed by atoms with Gasteiger partial charge in [0.05, 0.1) is 6.54 Å². The minimum Gasteiger partial charge on any atom is -0.383 e. The van der Waals surface area contributed by atoms with E-state index < -0.39 is 0 Å². The molecule has 1 rings (SSSR count).